The largest absolute Gasteiger partial charge is 0.441 e. The van der Waals surface area contributed by atoms with Crippen molar-refractivity contribution in [1.29, 1.82) is 0 Å². The Morgan fingerprint density at radius 1 is 0.795 bits per heavy atom. The summed E-state index contributed by atoms with van der Waals surface area (Å²) in [5, 5.41) is 9.49. The highest BCUT2D eigenvalue weighted by Gasteiger charge is 2.71. The lowest BCUT2D eigenvalue weighted by Gasteiger charge is -2.33. The third-order valence-corrected chi connectivity index (χ3v) is 5.51. The Morgan fingerprint density at radius 3 is 1.85 bits per heavy atom. The average Bonchev–Trinajstić information content (AvgIpc) is 3.15. The molecule has 0 aliphatic heterocycles. The van der Waals surface area contributed by atoms with Crippen LogP contribution >= 0.6 is 0 Å². The first-order valence-electron chi connectivity index (χ1n) is 10.6. The molecule has 1 N–H and O–H groups in total. The van der Waals surface area contributed by atoms with Gasteiger partial charge in [0.15, 0.2) is 0 Å². The van der Waals surface area contributed by atoms with Gasteiger partial charge in [-0.2, -0.15) is 52.7 Å². The summed E-state index contributed by atoms with van der Waals surface area (Å²) < 4.78 is 163. The van der Waals surface area contributed by atoms with Gasteiger partial charge >= 0.3 is 24.7 Å². The van der Waals surface area contributed by atoms with Crippen molar-refractivity contribution in [2.45, 2.75) is 43.8 Å². The molecule has 0 saturated heterocycles. The van der Waals surface area contributed by atoms with E-state index in [9.17, 15) is 57.8 Å². The van der Waals surface area contributed by atoms with Crippen LogP contribution in [0.25, 0.3) is 11.5 Å². The van der Waals surface area contributed by atoms with Crippen LogP contribution in [-0.2, 0) is 18.3 Å². The number of aliphatic hydroxyl groups is 1. The van der Waals surface area contributed by atoms with E-state index in [4.69, 9.17) is 4.42 Å². The third-order valence-electron chi connectivity index (χ3n) is 5.51. The van der Waals surface area contributed by atoms with Gasteiger partial charge < -0.3 is 14.4 Å². The fourth-order valence-corrected chi connectivity index (χ4v) is 3.56. The predicted octanol–water partition coefficient (Wildman–Crippen LogP) is 7.55. The summed E-state index contributed by atoms with van der Waals surface area (Å²) in [4.78, 5) is 4.44. The van der Waals surface area contributed by atoms with Crippen molar-refractivity contribution in [1.82, 2.24) is 4.98 Å². The van der Waals surface area contributed by atoms with Crippen molar-refractivity contribution in [3.63, 3.8) is 0 Å². The molecular formula is C23H16F12N2O2. The van der Waals surface area contributed by atoms with Crippen LogP contribution < -0.4 is 4.90 Å². The normalized spacial score (nSPS) is 13.6. The summed E-state index contributed by atoms with van der Waals surface area (Å²) in [6.45, 7) is -1.22. The molecule has 4 nitrogen and oxygen atoms in total. The van der Waals surface area contributed by atoms with Gasteiger partial charge in [-0.1, -0.05) is 18.2 Å². The number of aromatic nitrogens is 1. The third kappa shape index (κ3) is 6.42. The second kappa shape index (κ2) is 9.95. The molecule has 1 heterocycles. The molecule has 1 aromatic heterocycles. The van der Waals surface area contributed by atoms with E-state index in [1.165, 1.54) is 13.0 Å². The Labute approximate surface area is 211 Å². The van der Waals surface area contributed by atoms with Crippen LogP contribution in [0.4, 0.5) is 58.4 Å². The summed E-state index contributed by atoms with van der Waals surface area (Å²) in [6.07, 6.45) is -22.0. The van der Waals surface area contributed by atoms with Crippen LogP contribution in [0.2, 0.25) is 0 Å². The van der Waals surface area contributed by atoms with Crippen LogP contribution in [0.15, 0.2) is 52.9 Å². The van der Waals surface area contributed by atoms with Crippen LogP contribution in [0.1, 0.15) is 22.6 Å². The minimum Gasteiger partial charge on any atom is -0.441 e. The molecule has 0 radical (unpaired) electrons. The zero-order valence-electron chi connectivity index (χ0n) is 19.3. The molecule has 0 spiro atoms. The Balaban J connectivity index is 1.98. The van der Waals surface area contributed by atoms with Crippen molar-refractivity contribution in [3.05, 3.63) is 71.1 Å². The molecule has 0 atom stereocenters. The Kier molecular flexibility index (Phi) is 7.68. The summed E-state index contributed by atoms with van der Waals surface area (Å²) in [5.41, 5.74) is -8.85. The van der Waals surface area contributed by atoms with Gasteiger partial charge in [0.25, 0.3) is 5.60 Å². The Bertz CT molecular complexity index is 1270. The van der Waals surface area contributed by atoms with E-state index in [-0.39, 0.29) is 35.0 Å². The van der Waals surface area contributed by atoms with Crippen LogP contribution in [0, 0.1) is 6.92 Å². The first-order chi connectivity index (χ1) is 17.6. The number of nitrogens with zero attached hydrogens (tertiary/aromatic N) is 2. The number of aryl methyl sites for hydroxylation is 1. The maximum atomic E-state index is 13.3. The standard InChI is InChI=1S/C23H16F12N2O2/c1-12-17(36-18(39-12)13-3-2-4-15(9-13)21(27,28)29)10-37(11-19(24,25)26)16-7-5-14(6-8-16)20(38,22(30,31)32)23(33,34)35/h2-9,38H,10-11H2,1H3. The summed E-state index contributed by atoms with van der Waals surface area (Å²) in [6, 6.07) is 5.14. The molecule has 0 amide bonds. The van der Waals surface area contributed by atoms with E-state index in [0.717, 1.165) is 12.1 Å². The molecule has 214 valence electrons. The lowest BCUT2D eigenvalue weighted by molar-refractivity contribution is -0.376. The molecule has 0 bridgehead atoms. The number of rotatable bonds is 6. The molecule has 2 aromatic carbocycles. The lowest BCUT2D eigenvalue weighted by atomic mass is 9.92. The SMILES string of the molecule is Cc1oc(-c2cccc(C(F)(F)F)c2)nc1CN(CC(F)(F)F)c1ccc(C(O)(C(F)(F)F)C(F)(F)F)cc1. The van der Waals surface area contributed by atoms with Crippen molar-refractivity contribution >= 4 is 5.69 Å². The van der Waals surface area contributed by atoms with Gasteiger partial charge in [0.05, 0.1) is 12.1 Å². The molecular weight excluding hydrogens is 564 g/mol. The molecule has 0 fully saturated rings. The number of halogens is 12. The molecule has 0 saturated carbocycles. The maximum Gasteiger partial charge on any atom is 0.430 e. The van der Waals surface area contributed by atoms with Gasteiger partial charge in [0.2, 0.25) is 5.89 Å². The highest BCUT2D eigenvalue weighted by Crippen LogP contribution is 2.50. The minimum atomic E-state index is -6.20. The number of benzene rings is 2. The van der Waals surface area contributed by atoms with Crippen LogP contribution in [0.3, 0.4) is 0 Å². The second-order valence-corrected chi connectivity index (χ2v) is 8.32. The number of alkyl halides is 12. The first kappa shape index (κ1) is 30.1. The number of oxazole rings is 1. The van der Waals surface area contributed by atoms with E-state index in [1.54, 1.807) is 0 Å². The number of hydrogen-bond acceptors (Lipinski definition) is 4. The van der Waals surface area contributed by atoms with Crippen molar-refractivity contribution in [3.8, 4) is 11.5 Å². The topological polar surface area (TPSA) is 49.5 Å². The van der Waals surface area contributed by atoms with E-state index < -0.39 is 60.2 Å². The fourth-order valence-electron chi connectivity index (χ4n) is 3.56. The van der Waals surface area contributed by atoms with Gasteiger partial charge in [-0.3, -0.25) is 0 Å². The van der Waals surface area contributed by atoms with Crippen LogP contribution in [0.5, 0.6) is 0 Å². The molecule has 3 rings (SSSR count). The maximum absolute atomic E-state index is 13.3. The van der Waals surface area contributed by atoms with Crippen molar-refractivity contribution in [2.24, 2.45) is 0 Å². The van der Waals surface area contributed by atoms with E-state index >= 15 is 0 Å². The van der Waals surface area contributed by atoms with E-state index in [1.807, 2.05) is 0 Å². The van der Waals surface area contributed by atoms with Crippen molar-refractivity contribution in [2.75, 3.05) is 11.4 Å². The van der Waals surface area contributed by atoms with Gasteiger partial charge in [0.1, 0.15) is 18.0 Å². The zero-order chi connectivity index (χ0) is 29.6. The zero-order valence-corrected chi connectivity index (χ0v) is 19.3. The minimum absolute atomic E-state index is 0.102. The molecule has 0 unspecified atom stereocenters. The summed E-state index contributed by atoms with van der Waals surface area (Å²) in [5.74, 6) is -0.467. The first-order valence-corrected chi connectivity index (χ1v) is 10.6. The Hall–Kier alpha value is -3.43. The number of anilines is 1. The van der Waals surface area contributed by atoms with Gasteiger partial charge in [0, 0.05) is 16.8 Å². The quantitative estimate of drug-likeness (QED) is 0.306. The van der Waals surface area contributed by atoms with Crippen molar-refractivity contribution < 1.29 is 62.2 Å². The predicted molar refractivity (Wildman–Crippen MR) is 111 cm³/mol. The molecule has 0 aliphatic carbocycles. The highest BCUT2D eigenvalue weighted by molar-refractivity contribution is 5.56. The summed E-state index contributed by atoms with van der Waals surface area (Å²) in [7, 11) is 0. The average molecular weight is 580 g/mol. The van der Waals surface area contributed by atoms with Crippen LogP contribution in [-0.4, -0.2) is 35.2 Å². The molecule has 3 aromatic rings. The fraction of sp³-hybridized carbons (Fsp3) is 0.348. The summed E-state index contributed by atoms with van der Waals surface area (Å²) >= 11 is 0. The van der Waals surface area contributed by atoms with Gasteiger partial charge in [-0.15, -0.1) is 0 Å². The molecule has 0 aliphatic rings. The molecule has 16 heteroatoms. The highest BCUT2D eigenvalue weighted by atomic mass is 19.4. The molecule has 39 heavy (non-hydrogen) atoms. The van der Waals surface area contributed by atoms with E-state index in [2.05, 4.69) is 4.98 Å². The monoisotopic (exact) mass is 580 g/mol. The lowest BCUT2D eigenvalue weighted by Crippen LogP contribution is -2.53. The van der Waals surface area contributed by atoms with Gasteiger partial charge in [-0.05, 0) is 37.3 Å². The second-order valence-electron chi connectivity index (χ2n) is 8.32. The Morgan fingerprint density at radius 2 is 1.36 bits per heavy atom. The smallest absolute Gasteiger partial charge is 0.430 e. The van der Waals surface area contributed by atoms with E-state index in [0.29, 0.717) is 23.1 Å². The van der Waals surface area contributed by atoms with Gasteiger partial charge in [-0.25, -0.2) is 4.98 Å². The number of hydrogen-bond donors (Lipinski definition) is 1.